The first kappa shape index (κ1) is 17.8. The van der Waals surface area contributed by atoms with Gasteiger partial charge in [0.25, 0.3) is 0 Å². The van der Waals surface area contributed by atoms with Crippen molar-refractivity contribution >= 4 is 23.6 Å². The van der Waals surface area contributed by atoms with Gasteiger partial charge in [-0.15, -0.1) is 5.10 Å². The Balaban J connectivity index is 1.49. The van der Waals surface area contributed by atoms with Gasteiger partial charge >= 0.3 is 12.0 Å². The maximum atomic E-state index is 11.9. The molecule has 7 nitrogen and oxygen atoms in total. The Labute approximate surface area is 155 Å². The summed E-state index contributed by atoms with van der Waals surface area (Å²) in [5, 5.41) is 13.5. The number of benzene rings is 2. The predicted octanol–water partition coefficient (Wildman–Crippen LogP) is 3.76. The fraction of sp³-hybridized carbons (Fsp3) is 0.167. The lowest BCUT2D eigenvalue weighted by atomic mass is 10.1. The molecule has 0 aliphatic carbocycles. The molecule has 3 rings (SSSR count). The van der Waals surface area contributed by atoms with Crippen LogP contribution in [0.25, 0.3) is 11.5 Å². The van der Waals surface area contributed by atoms with E-state index >= 15 is 0 Å². The van der Waals surface area contributed by atoms with Gasteiger partial charge < -0.3 is 14.5 Å². The quantitative estimate of drug-likeness (QED) is 0.687. The van der Waals surface area contributed by atoms with E-state index in [4.69, 9.17) is 20.8 Å². The maximum Gasteiger partial charge on any atom is 0.324 e. The van der Waals surface area contributed by atoms with Crippen LogP contribution in [0.3, 0.4) is 0 Å². The van der Waals surface area contributed by atoms with Crippen LogP contribution in [0.2, 0.25) is 5.02 Å². The monoisotopic (exact) mass is 372 g/mol. The number of methoxy groups -OCH3 is 1. The summed E-state index contributed by atoms with van der Waals surface area (Å²) in [4.78, 5) is 11.9. The number of aromatic nitrogens is 2. The molecule has 2 N–H and O–H groups in total. The van der Waals surface area contributed by atoms with Crippen molar-refractivity contribution in [3.05, 3.63) is 59.1 Å². The summed E-state index contributed by atoms with van der Waals surface area (Å²) in [6, 6.07) is 14.3. The van der Waals surface area contributed by atoms with Crippen LogP contribution in [0.5, 0.6) is 5.75 Å². The van der Waals surface area contributed by atoms with E-state index in [2.05, 4.69) is 20.8 Å². The molecule has 0 unspecified atom stereocenters. The zero-order valence-corrected chi connectivity index (χ0v) is 14.8. The maximum absolute atomic E-state index is 11.9. The van der Waals surface area contributed by atoms with Crippen molar-refractivity contribution in [3.63, 3.8) is 0 Å². The fourth-order valence-corrected chi connectivity index (χ4v) is 2.46. The molecule has 2 aromatic carbocycles. The number of hydrogen-bond acceptors (Lipinski definition) is 5. The molecule has 0 aliphatic rings. The van der Waals surface area contributed by atoms with Gasteiger partial charge in [-0.1, -0.05) is 34.9 Å². The third-order valence-electron chi connectivity index (χ3n) is 3.58. The van der Waals surface area contributed by atoms with Crippen molar-refractivity contribution in [1.29, 1.82) is 0 Å². The number of hydrogen-bond donors (Lipinski definition) is 2. The van der Waals surface area contributed by atoms with Crippen molar-refractivity contribution in [2.75, 3.05) is 19.0 Å². The Hall–Kier alpha value is -3.06. The topological polar surface area (TPSA) is 89.3 Å². The van der Waals surface area contributed by atoms with Gasteiger partial charge in [0.2, 0.25) is 5.89 Å². The first-order valence-electron chi connectivity index (χ1n) is 7.91. The standard InChI is InChI=1S/C18H17ClN4O3/c1-25-15-7-5-12(6-8-15)9-10-20-17(24)21-18-23-22-16(26-18)13-3-2-4-14(19)11-13/h2-8,11H,9-10H2,1H3,(H2,20,21,23,24). The van der Waals surface area contributed by atoms with E-state index in [-0.39, 0.29) is 11.9 Å². The summed E-state index contributed by atoms with van der Waals surface area (Å²) in [5.74, 6) is 1.08. The van der Waals surface area contributed by atoms with Gasteiger partial charge in [-0.05, 0) is 42.3 Å². The van der Waals surface area contributed by atoms with Crippen molar-refractivity contribution in [2.24, 2.45) is 0 Å². The Bertz CT molecular complexity index is 880. The molecule has 0 bridgehead atoms. The van der Waals surface area contributed by atoms with Gasteiger partial charge in [-0.3, -0.25) is 5.32 Å². The third kappa shape index (κ3) is 4.73. The zero-order valence-electron chi connectivity index (χ0n) is 14.0. The molecule has 8 heteroatoms. The number of rotatable bonds is 6. The number of anilines is 1. The van der Waals surface area contributed by atoms with E-state index in [0.29, 0.717) is 23.6 Å². The Morgan fingerprint density at radius 3 is 2.73 bits per heavy atom. The minimum Gasteiger partial charge on any atom is -0.497 e. The number of carbonyl (C=O) groups excluding carboxylic acids is 1. The van der Waals surface area contributed by atoms with Gasteiger partial charge in [0.1, 0.15) is 5.75 Å². The van der Waals surface area contributed by atoms with Crippen molar-refractivity contribution < 1.29 is 13.9 Å². The number of nitrogens with zero attached hydrogens (tertiary/aromatic N) is 2. The predicted molar refractivity (Wildman–Crippen MR) is 98.5 cm³/mol. The second-order valence-electron chi connectivity index (χ2n) is 5.40. The zero-order chi connectivity index (χ0) is 18.4. The third-order valence-corrected chi connectivity index (χ3v) is 3.81. The lowest BCUT2D eigenvalue weighted by molar-refractivity contribution is 0.251. The molecule has 1 aromatic heterocycles. The van der Waals surface area contributed by atoms with E-state index in [1.165, 1.54) is 0 Å². The molecule has 0 fully saturated rings. The van der Waals surface area contributed by atoms with E-state index in [1.54, 1.807) is 31.4 Å². The minimum absolute atomic E-state index is 0.0157. The molecule has 134 valence electrons. The molecule has 2 amide bonds. The molecule has 3 aromatic rings. The van der Waals surface area contributed by atoms with Crippen LogP contribution in [0.4, 0.5) is 10.8 Å². The van der Waals surface area contributed by atoms with E-state index < -0.39 is 6.03 Å². The molecule has 0 saturated carbocycles. The molecule has 0 radical (unpaired) electrons. The number of halogens is 1. The first-order chi connectivity index (χ1) is 12.6. The molecular formula is C18H17ClN4O3. The normalized spacial score (nSPS) is 10.4. The molecule has 1 heterocycles. The van der Waals surface area contributed by atoms with Gasteiger partial charge in [0, 0.05) is 17.1 Å². The van der Waals surface area contributed by atoms with Gasteiger partial charge in [-0.25, -0.2) is 4.79 Å². The van der Waals surface area contributed by atoms with Gasteiger partial charge in [0.05, 0.1) is 7.11 Å². The molecule has 0 spiro atoms. The van der Waals surface area contributed by atoms with Gasteiger partial charge in [-0.2, -0.15) is 0 Å². The largest absolute Gasteiger partial charge is 0.497 e. The van der Waals surface area contributed by atoms with Crippen LogP contribution >= 0.6 is 11.6 Å². The van der Waals surface area contributed by atoms with Crippen LogP contribution in [0.1, 0.15) is 5.56 Å². The first-order valence-corrected chi connectivity index (χ1v) is 8.29. The number of ether oxygens (including phenoxy) is 1. The summed E-state index contributed by atoms with van der Waals surface area (Å²) in [6.45, 7) is 0.466. The number of nitrogens with one attached hydrogen (secondary N) is 2. The van der Waals surface area contributed by atoms with Crippen molar-refractivity contribution in [3.8, 4) is 17.2 Å². The highest BCUT2D eigenvalue weighted by Gasteiger charge is 2.11. The summed E-state index contributed by atoms with van der Waals surface area (Å²) in [6.07, 6.45) is 0.689. The van der Waals surface area contributed by atoms with E-state index in [0.717, 1.165) is 11.3 Å². The number of carbonyl (C=O) groups is 1. The van der Waals surface area contributed by atoms with Crippen LogP contribution in [0.15, 0.2) is 52.9 Å². The van der Waals surface area contributed by atoms with E-state index in [9.17, 15) is 4.79 Å². The molecule has 0 saturated heterocycles. The Morgan fingerprint density at radius 1 is 1.19 bits per heavy atom. The second-order valence-corrected chi connectivity index (χ2v) is 5.84. The summed E-state index contributed by atoms with van der Waals surface area (Å²) < 4.78 is 10.5. The van der Waals surface area contributed by atoms with Crippen LogP contribution in [-0.2, 0) is 6.42 Å². The van der Waals surface area contributed by atoms with Crippen molar-refractivity contribution in [1.82, 2.24) is 15.5 Å². The highest BCUT2D eigenvalue weighted by atomic mass is 35.5. The second kappa shape index (κ2) is 8.35. The van der Waals surface area contributed by atoms with Crippen molar-refractivity contribution in [2.45, 2.75) is 6.42 Å². The lowest BCUT2D eigenvalue weighted by Crippen LogP contribution is -2.30. The molecule has 0 aliphatic heterocycles. The lowest BCUT2D eigenvalue weighted by Gasteiger charge is -2.05. The number of amides is 2. The molecule has 26 heavy (non-hydrogen) atoms. The number of urea groups is 1. The summed E-state index contributed by atoms with van der Waals surface area (Å²) in [5.41, 5.74) is 1.77. The fourth-order valence-electron chi connectivity index (χ4n) is 2.27. The average molecular weight is 373 g/mol. The SMILES string of the molecule is COc1ccc(CCNC(=O)Nc2nnc(-c3cccc(Cl)c3)o2)cc1. The summed E-state index contributed by atoms with van der Waals surface area (Å²) >= 11 is 5.93. The van der Waals surface area contributed by atoms with Crippen LogP contribution < -0.4 is 15.4 Å². The highest BCUT2D eigenvalue weighted by Crippen LogP contribution is 2.22. The van der Waals surface area contributed by atoms with E-state index in [1.807, 2.05) is 24.3 Å². The van der Waals surface area contributed by atoms with Crippen LogP contribution in [0, 0.1) is 0 Å². The van der Waals surface area contributed by atoms with Crippen LogP contribution in [-0.4, -0.2) is 29.9 Å². The molecular weight excluding hydrogens is 356 g/mol. The Morgan fingerprint density at radius 2 is 2.00 bits per heavy atom. The molecule has 0 atom stereocenters. The highest BCUT2D eigenvalue weighted by molar-refractivity contribution is 6.30. The summed E-state index contributed by atoms with van der Waals surface area (Å²) in [7, 11) is 1.62. The van der Waals surface area contributed by atoms with Gasteiger partial charge in [0.15, 0.2) is 0 Å². The Kier molecular flexibility index (Phi) is 5.70. The minimum atomic E-state index is -0.417. The smallest absolute Gasteiger partial charge is 0.324 e. The average Bonchev–Trinajstić information content (AvgIpc) is 3.11.